The lowest BCUT2D eigenvalue weighted by molar-refractivity contribution is 0.213. The molecule has 0 saturated heterocycles. The van der Waals surface area contributed by atoms with Crippen LogP contribution in [0.5, 0.6) is 0 Å². The molecule has 126 valence electrons. The maximum Gasteiger partial charge on any atom is 0.315 e. The van der Waals surface area contributed by atoms with Crippen LogP contribution in [0, 0.1) is 11.7 Å². The van der Waals surface area contributed by atoms with Gasteiger partial charge in [0, 0.05) is 0 Å². The molecule has 0 aromatic heterocycles. The molecule has 0 heterocycles. The maximum atomic E-state index is 13.1. The highest BCUT2D eigenvalue weighted by Crippen LogP contribution is 2.41. The second kappa shape index (κ2) is 7.45. The number of aliphatic hydroxyl groups is 1. The van der Waals surface area contributed by atoms with Gasteiger partial charge in [0.2, 0.25) is 0 Å². The molecule has 24 heavy (non-hydrogen) atoms. The monoisotopic (exact) mass is 328 g/mol. The summed E-state index contributed by atoms with van der Waals surface area (Å²) in [6.45, 7) is -0.178. The molecule has 3 N–H and O–H groups in total. The van der Waals surface area contributed by atoms with Gasteiger partial charge in [-0.3, -0.25) is 0 Å². The Morgan fingerprint density at radius 1 is 1.04 bits per heavy atom. The van der Waals surface area contributed by atoms with Gasteiger partial charge < -0.3 is 15.7 Å². The zero-order valence-electron chi connectivity index (χ0n) is 13.3. The largest absolute Gasteiger partial charge is 0.394 e. The number of benzene rings is 2. The molecule has 0 spiro atoms. The Balaban J connectivity index is 1.66. The van der Waals surface area contributed by atoms with Crippen LogP contribution in [0.1, 0.15) is 36.1 Å². The number of hydrogen-bond acceptors (Lipinski definition) is 2. The molecule has 0 radical (unpaired) electrons. The van der Waals surface area contributed by atoms with Crippen LogP contribution in [0.2, 0.25) is 0 Å². The molecular formula is C19H21FN2O2. The highest BCUT2D eigenvalue weighted by Gasteiger charge is 2.33. The van der Waals surface area contributed by atoms with Crippen LogP contribution in [0.25, 0.3) is 0 Å². The zero-order chi connectivity index (χ0) is 16.9. The van der Waals surface area contributed by atoms with E-state index in [1.54, 1.807) is 12.1 Å². The molecule has 1 aliphatic rings. The molecular weight excluding hydrogens is 307 g/mol. The number of halogens is 1. The zero-order valence-corrected chi connectivity index (χ0v) is 13.3. The van der Waals surface area contributed by atoms with Gasteiger partial charge >= 0.3 is 6.03 Å². The molecule has 4 nitrogen and oxygen atoms in total. The van der Waals surface area contributed by atoms with Crippen molar-refractivity contribution in [3.8, 4) is 0 Å². The van der Waals surface area contributed by atoms with Gasteiger partial charge in [0.25, 0.3) is 0 Å². The molecule has 1 aliphatic carbocycles. The van der Waals surface area contributed by atoms with E-state index in [1.165, 1.54) is 12.1 Å². The van der Waals surface area contributed by atoms with E-state index in [-0.39, 0.29) is 24.5 Å². The van der Waals surface area contributed by atoms with Crippen molar-refractivity contribution in [1.29, 1.82) is 0 Å². The molecule has 2 unspecified atom stereocenters. The van der Waals surface area contributed by atoms with E-state index in [4.69, 9.17) is 0 Å². The van der Waals surface area contributed by atoms with Gasteiger partial charge in [-0.15, -0.1) is 0 Å². The number of hydrogen-bond donors (Lipinski definition) is 3. The first-order valence-electron chi connectivity index (χ1n) is 8.15. The van der Waals surface area contributed by atoms with E-state index in [9.17, 15) is 14.3 Å². The minimum absolute atomic E-state index is 0.138. The van der Waals surface area contributed by atoms with Crippen molar-refractivity contribution in [2.75, 3.05) is 6.61 Å². The van der Waals surface area contributed by atoms with Gasteiger partial charge in [-0.2, -0.15) is 0 Å². The summed E-state index contributed by atoms with van der Waals surface area (Å²) in [7, 11) is 0. The van der Waals surface area contributed by atoms with Gasteiger partial charge in [-0.05, 0) is 42.0 Å². The first-order chi connectivity index (χ1) is 11.7. The SMILES string of the molecule is O=C(NC(CO)c1ccccc1)NC(c1ccc(F)cc1)C1CC1. The maximum absolute atomic E-state index is 13.1. The number of urea groups is 1. The number of nitrogens with one attached hydrogen (secondary N) is 2. The lowest BCUT2D eigenvalue weighted by atomic mass is 10.0. The van der Waals surface area contributed by atoms with E-state index >= 15 is 0 Å². The summed E-state index contributed by atoms with van der Waals surface area (Å²) in [4.78, 5) is 12.4. The fourth-order valence-corrected chi connectivity index (χ4v) is 2.83. The molecule has 0 aliphatic heterocycles. The van der Waals surface area contributed by atoms with Crippen LogP contribution < -0.4 is 10.6 Å². The van der Waals surface area contributed by atoms with Gasteiger partial charge in [0.1, 0.15) is 5.82 Å². The van der Waals surface area contributed by atoms with Crippen LogP contribution in [0.3, 0.4) is 0 Å². The van der Waals surface area contributed by atoms with E-state index in [1.807, 2.05) is 30.3 Å². The average molecular weight is 328 g/mol. The van der Waals surface area contributed by atoms with Gasteiger partial charge in [0.15, 0.2) is 0 Å². The number of aliphatic hydroxyl groups excluding tert-OH is 1. The van der Waals surface area contributed by atoms with Crippen molar-refractivity contribution in [1.82, 2.24) is 10.6 Å². The Hall–Kier alpha value is -2.40. The predicted octanol–water partition coefficient (Wildman–Crippen LogP) is 3.31. The Labute approximate surface area is 140 Å². The number of rotatable bonds is 6. The summed E-state index contributed by atoms with van der Waals surface area (Å²) in [6.07, 6.45) is 2.09. The lowest BCUT2D eigenvalue weighted by Gasteiger charge is -2.22. The van der Waals surface area contributed by atoms with Crippen molar-refractivity contribution in [3.63, 3.8) is 0 Å². The Kier molecular flexibility index (Phi) is 5.11. The van der Waals surface area contributed by atoms with E-state index in [0.717, 1.165) is 24.0 Å². The normalized spacial score (nSPS) is 16.2. The van der Waals surface area contributed by atoms with Crippen molar-refractivity contribution >= 4 is 6.03 Å². The second-order valence-electron chi connectivity index (χ2n) is 6.13. The Bertz CT molecular complexity index is 672. The highest BCUT2D eigenvalue weighted by molar-refractivity contribution is 5.75. The molecule has 2 aromatic rings. The number of carbonyl (C=O) groups excluding carboxylic acids is 1. The third-order valence-electron chi connectivity index (χ3n) is 4.30. The molecule has 2 atom stereocenters. The summed E-state index contributed by atoms with van der Waals surface area (Å²) in [5.74, 6) is 0.0904. The van der Waals surface area contributed by atoms with Crippen LogP contribution in [0.15, 0.2) is 54.6 Å². The molecule has 1 saturated carbocycles. The van der Waals surface area contributed by atoms with Crippen molar-refractivity contribution < 1.29 is 14.3 Å². The molecule has 1 fully saturated rings. The van der Waals surface area contributed by atoms with Gasteiger partial charge in [0.05, 0.1) is 18.7 Å². The summed E-state index contributed by atoms with van der Waals surface area (Å²) in [5.41, 5.74) is 1.74. The molecule has 5 heteroatoms. The highest BCUT2D eigenvalue weighted by atomic mass is 19.1. The third kappa shape index (κ3) is 4.11. The van der Waals surface area contributed by atoms with Crippen LogP contribution in [-0.2, 0) is 0 Å². The second-order valence-corrected chi connectivity index (χ2v) is 6.13. The lowest BCUT2D eigenvalue weighted by Crippen LogP contribution is -2.41. The summed E-state index contributed by atoms with van der Waals surface area (Å²) >= 11 is 0. The molecule has 2 aromatic carbocycles. The van der Waals surface area contributed by atoms with Crippen molar-refractivity contribution in [2.24, 2.45) is 5.92 Å². The molecule has 3 rings (SSSR count). The van der Waals surface area contributed by atoms with E-state index in [2.05, 4.69) is 10.6 Å². The van der Waals surface area contributed by atoms with E-state index in [0.29, 0.717) is 5.92 Å². The van der Waals surface area contributed by atoms with Gasteiger partial charge in [-0.1, -0.05) is 42.5 Å². The number of amides is 2. The summed E-state index contributed by atoms with van der Waals surface area (Å²) in [5, 5.41) is 15.3. The van der Waals surface area contributed by atoms with Gasteiger partial charge in [-0.25, -0.2) is 9.18 Å². The van der Waals surface area contributed by atoms with Crippen molar-refractivity contribution in [3.05, 3.63) is 71.5 Å². The predicted molar refractivity (Wildman–Crippen MR) is 89.8 cm³/mol. The minimum atomic E-state index is -0.459. The topological polar surface area (TPSA) is 61.4 Å². The summed E-state index contributed by atoms with van der Waals surface area (Å²) < 4.78 is 13.1. The summed E-state index contributed by atoms with van der Waals surface area (Å²) in [6, 6.07) is 14.6. The van der Waals surface area contributed by atoms with Crippen LogP contribution in [-0.4, -0.2) is 17.7 Å². The average Bonchev–Trinajstić information content (AvgIpc) is 3.44. The fourth-order valence-electron chi connectivity index (χ4n) is 2.83. The molecule has 0 bridgehead atoms. The van der Waals surface area contributed by atoms with Crippen LogP contribution in [0.4, 0.5) is 9.18 Å². The third-order valence-corrected chi connectivity index (χ3v) is 4.30. The Morgan fingerprint density at radius 2 is 1.71 bits per heavy atom. The minimum Gasteiger partial charge on any atom is -0.394 e. The van der Waals surface area contributed by atoms with Crippen molar-refractivity contribution in [2.45, 2.75) is 24.9 Å². The quantitative estimate of drug-likeness (QED) is 0.762. The standard InChI is InChI=1S/C19H21FN2O2/c20-16-10-8-15(9-11-16)18(14-6-7-14)22-19(24)21-17(12-23)13-4-2-1-3-5-13/h1-5,8-11,14,17-18,23H,6-7,12H2,(H2,21,22,24). The first-order valence-corrected chi connectivity index (χ1v) is 8.15. The van der Waals surface area contributed by atoms with Crippen LogP contribution >= 0.6 is 0 Å². The smallest absolute Gasteiger partial charge is 0.315 e. The molecule has 2 amide bonds. The Morgan fingerprint density at radius 3 is 2.29 bits per heavy atom. The fraction of sp³-hybridized carbons (Fsp3) is 0.316. The van der Waals surface area contributed by atoms with E-state index < -0.39 is 6.04 Å². The first kappa shape index (κ1) is 16.5. The number of carbonyl (C=O) groups is 1.